The molecule has 0 saturated carbocycles. The summed E-state index contributed by atoms with van der Waals surface area (Å²) in [4.78, 5) is 3.99. The SMILES string of the molecule is CCc1cncc(Cl)c1NC. The van der Waals surface area contributed by atoms with Crippen LogP contribution in [-0.2, 0) is 6.42 Å². The first-order chi connectivity index (χ1) is 5.29. The van der Waals surface area contributed by atoms with E-state index >= 15 is 0 Å². The Kier molecular flexibility index (Phi) is 2.71. The van der Waals surface area contributed by atoms with Gasteiger partial charge >= 0.3 is 0 Å². The Morgan fingerprint density at radius 1 is 1.55 bits per heavy atom. The van der Waals surface area contributed by atoms with Gasteiger partial charge in [-0.1, -0.05) is 18.5 Å². The van der Waals surface area contributed by atoms with E-state index in [2.05, 4.69) is 17.2 Å². The van der Waals surface area contributed by atoms with Crippen molar-refractivity contribution in [3.05, 3.63) is 23.0 Å². The van der Waals surface area contributed by atoms with E-state index in [1.165, 1.54) is 0 Å². The van der Waals surface area contributed by atoms with Crippen LogP contribution in [0.4, 0.5) is 5.69 Å². The van der Waals surface area contributed by atoms with E-state index in [1.54, 1.807) is 6.20 Å². The second kappa shape index (κ2) is 3.58. The van der Waals surface area contributed by atoms with Crippen molar-refractivity contribution < 1.29 is 0 Å². The van der Waals surface area contributed by atoms with Crippen LogP contribution in [0.5, 0.6) is 0 Å². The van der Waals surface area contributed by atoms with Gasteiger partial charge < -0.3 is 5.32 Å². The minimum absolute atomic E-state index is 0.687. The lowest BCUT2D eigenvalue weighted by Crippen LogP contribution is -1.95. The zero-order valence-electron chi connectivity index (χ0n) is 6.69. The molecule has 0 radical (unpaired) electrons. The summed E-state index contributed by atoms with van der Waals surface area (Å²) in [5.74, 6) is 0. The normalized spacial score (nSPS) is 9.73. The van der Waals surface area contributed by atoms with Crippen LogP contribution >= 0.6 is 11.6 Å². The molecule has 0 spiro atoms. The Morgan fingerprint density at radius 2 is 2.27 bits per heavy atom. The molecule has 1 heterocycles. The van der Waals surface area contributed by atoms with Gasteiger partial charge in [0.05, 0.1) is 10.7 Å². The van der Waals surface area contributed by atoms with Crippen molar-refractivity contribution >= 4 is 17.3 Å². The maximum atomic E-state index is 5.88. The van der Waals surface area contributed by atoms with Gasteiger partial charge in [0.1, 0.15) is 0 Å². The van der Waals surface area contributed by atoms with Crippen LogP contribution < -0.4 is 5.32 Å². The van der Waals surface area contributed by atoms with Crippen molar-refractivity contribution in [2.75, 3.05) is 12.4 Å². The number of hydrogen-bond donors (Lipinski definition) is 1. The predicted molar refractivity (Wildman–Crippen MR) is 48.2 cm³/mol. The number of halogens is 1. The zero-order chi connectivity index (χ0) is 8.27. The predicted octanol–water partition coefficient (Wildman–Crippen LogP) is 2.34. The molecule has 0 aromatic carbocycles. The Bertz CT molecular complexity index is 248. The fraction of sp³-hybridized carbons (Fsp3) is 0.375. The highest BCUT2D eigenvalue weighted by molar-refractivity contribution is 6.33. The standard InChI is InChI=1S/C8H11ClN2/c1-3-6-4-11-5-7(9)8(6)10-2/h4-5H,3H2,1-2H3,(H,10,11). The fourth-order valence-electron chi connectivity index (χ4n) is 1.02. The van der Waals surface area contributed by atoms with Crippen LogP contribution in [0.3, 0.4) is 0 Å². The van der Waals surface area contributed by atoms with Crippen LogP contribution in [0, 0.1) is 0 Å². The van der Waals surface area contributed by atoms with Crippen molar-refractivity contribution in [2.45, 2.75) is 13.3 Å². The van der Waals surface area contributed by atoms with Crippen LogP contribution in [0.15, 0.2) is 12.4 Å². The molecule has 0 atom stereocenters. The molecule has 0 fully saturated rings. The summed E-state index contributed by atoms with van der Waals surface area (Å²) in [6.07, 6.45) is 4.42. The number of hydrogen-bond acceptors (Lipinski definition) is 2. The van der Waals surface area contributed by atoms with E-state index in [1.807, 2.05) is 13.2 Å². The first-order valence-electron chi connectivity index (χ1n) is 3.59. The minimum Gasteiger partial charge on any atom is -0.387 e. The maximum absolute atomic E-state index is 5.88. The molecule has 1 rings (SSSR count). The van der Waals surface area contributed by atoms with Crippen molar-refractivity contribution in [2.24, 2.45) is 0 Å². The largest absolute Gasteiger partial charge is 0.387 e. The van der Waals surface area contributed by atoms with Gasteiger partial charge in [-0.05, 0) is 12.0 Å². The maximum Gasteiger partial charge on any atom is 0.0823 e. The summed E-state index contributed by atoms with van der Waals surface area (Å²) in [7, 11) is 1.86. The number of aryl methyl sites for hydroxylation is 1. The Labute approximate surface area is 71.6 Å². The molecule has 0 unspecified atom stereocenters. The van der Waals surface area contributed by atoms with E-state index in [-0.39, 0.29) is 0 Å². The molecule has 2 nitrogen and oxygen atoms in total. The minimum atomic E-state index is 0.687. The van der Waals surface area contributed by atoms with Gasteiger partial charge in [-0.2, -0.15) is 0 Å². The molecule has 0 amide bonds. The number of aromatic nitrogens is 1. The lowest BCUT2D eigenvalue weighted by atomic mass is 10.2. The summed E-state index contributed by atoms with van der Waals surface area (Å²) in [6, 6.07) is 0. The number of pyridine rings is 1. The number of nitrogens with one attached hydrogen (secondary N) is 1. The van der Waals surface area contributed by atoms with Crippen molar-refractivity contribution in [3.8, 4) is 0 Å². The first kappa shape index (κ1) is 8.34. The molecule has 0 aliphatic heterocycles. The van der Waals surface area contributed by atoms with E-state index in [9.17, 15) is 0 Å². The molecule has 1 N–H and O–H groups in total. The van der Waals surface area contributed by atoms with Crippen molar-refractivity contribution in [3.63, 3.8) is 0 Å². The van der Waals surface area contributed by atoms with Gasteiger partial charge in [-0.25, -0.2) is 0 Å². The lowest BCUT2D eigenvalue weighted by Gasteiger charge is -2.07. The summed E-state index contributed by atoms with van der Waals surface area (Å²) in [5.41, 5.74) is 2.14. The number of rotatable bonds is 2. The van der Waals surface area contributed by atoms with Crippen LogP contribution in [0.1, 0.15) is 12.5 Å². The fourth-order valence-corrected chi connectivity index (χ4v) is 1.30. The van der Waals surface area contributed by atoms with E-state index < -0.39 is 0 Å². The molecule has 0 aliphatic carbocycles. The second-order valence-electron chi connectivity index (χ2n) is 2.26. The summed E-state index contributed by atoms with van der Waals surface area (Å²) in [5, 5.41) is 3.73. The average molecular weight is 171 g/mol. The molecule has 0 saturated heterocycles. The van der Waals surface area contributed by atoms with E-state index in [0.29, 0.717) is 5.02 Å². The van der Waals surface area contributed by atoms with E-state index in [0.717, 1.165) is 17.7 Å². The lowest BCUT2D eigenvalue weighted by molar-refractivity contribution is 1.10. The topological polar surface area (TPSA) is 24.9 Å². The molecule has 60 valence electrons. The third-order valence-corrected chi connectivity index (χ3v) is 1.90. The number of nitrogens with zero attached hydrogens (tertiary/aromatic N) is 1. The van der Waals surface area contributed by atoms with Gasteiger partial charge in [0, 0.05) is 19.4 Å². The third kappa shape index (κ3) is 1.63. The average Bonchev–Trinajstić information content (AvgIpc) is 2.04. The van der Waals surface area contributed by atoms with Gasteiger partial charge in [-0.3, -0.25) is 4.98 Å². The molecular weight excluding hydrogens is 160 g/mol. The van der Waals surface area contributed by atoms with Gasteiger partial charge in [-0.15, -0.1) is 0 Å². The first-order valence-corrected chi connectivity index (χ1v) is 3.97. The monoisotopic (exact) mass is 170 g/mol. The second-order valence-corrected chi connectivity index (χ2v) is 2.67. The Hall–Kier alpha value is -0.760. The summed E-state index contributed by atoms with van der Waals surface area (Å²) in [6.45, 7) is 2.08. The molecular formula is C8H11ClN2. The third-order valence-electron chi connectivity index (χ3n) is 1.61. The van der Waals surface area contributed by atoms with Gasteiger partial charge in [0.25, 0.3) is 0 Å². The zero-order valence-corrected chi connectivity index (χ0v) is 7.44. The molecule has 1 aromatic rings. The molecule has 1 aromatic heterocycles. The van der Waals surface area contributed by atoms with Crippen LogP contribution in [0.25, 0.3) is 0 Å². The molecule has 0 aliphatic rings. The summed E-state index contributed by atoms with van der Waals surface area (Å²) < 4.78 is 0. The van der Waals surface area contributed by atoms with E-state index in [4.69, 9.17) is 11.6 Å². The summed E-state index contributed by atoms with van der Waals surface area (Å²) >= 11 is 5.88. The van der Waals surface area contributed by atoms with Gasteiger partial charge in [0.15, 0.2) is 0 Å². The molecule has 3 heteroatoms. The number of anilines is 1. The Morgan fingerprint density at radius 3 is 2.73 bits per heavy atom. The quantitative estimate of drug-likeness (QED) is 0.737. The van der Waals surface area contributed by atoms with Gasteiger partial charge in [0.2, 0.25) is 0 Å². The Balaban J connectivity index is 3.13. The van der Waals surface area contributed by atoms with Crippen LogP contribution in [-0.4, -0.2) is 12.0 Å². The van der Waals surface area contributed by atoms with Crippen LogP contribution in [0.2, 0.25) is 5.02 Å². The molecule has 11 heavy (non-hydrogen) atoms. The highest BCUT2D eigenvalue weighted by Crippen LogP contribution is 2.23. The smallest absolute Gasteiger partial charge is 0.0823 e. The highest BCUT2D eigenvalue weighted by atomic mass is 35.5. The highest BCUT2D eigenvalue weighted by Gasteiger charge is 2.02. The molecule has 0 bridgehead atoms. The van der Waals surface area contributed by atoms with Crippen molar-refractivity contribution in [1.82, 2.24) is 4.98 Å². The van der Waals surface area contributed by atoms with Crippen molar-refractivity contribution in [1.29, 1.82) is 0 Å².